The molecule has 1 aliphatic rings. The van der Waals surface area contributed by atoms with Gasteiger partial charge in [0.25, 0.3) is 6.33 Å². The van der Waals surface area contributed by atoms with E-state index in [9.17, 15) is 4.79 Å². The molecule has 96 valence electrons. The topological polar surface area (TPSA) is 29.1 Å². The van der Waals surface area contributed by atoms with Crippen molar-refractivity contribution < 1.29 is 33.3 Å². The smallest absolute Gasteiger partial charge is 0.416 e. The lowest BCUT2D eigenvalue weighted by Crippen LogP contribution is -3.00. The molecule has 0 radical (unpaired) electrons. The Morgan fingerprint density at radius 1 is 1.35 bits per heavy atom. The predicted octanol–water partition coefficient (Wildman–Crippen LogP) is -1.45. The molecule has 0 saturated carbocycles. The highest BCUT2D eigenvalue weighted by Gasteiger charge is 2.26. The molecule has 1 atom stereocenters. The predicted molar refractivity (Wildman–Crippen MR) is 61.0 cm³/mol. The zero-order valence-electron chi connectivity index (χ0n) is 10.5. The first-order chi connectivity index (χ1) is 7.68. The lowest BCUT2D eigenvalue weighted by atomic mass is 10.1. The Morgan fingerprint density at radius 2 is 2.12 bits per heavy atom. The summed E-state index contributed by atoms with van der Waals surface area (Å²) in [5.74, 6) is 0. The number of hydrogen-bond acceptors (Lipinski definition) is 1. The van der Waals surface area contributed by atoms with Gasteiger partial charge in [-0.2, -0.15) is 4.57 Å². The van der Waals surface area contributed by atoms with Crippen LogP contribution in [-0.2, 0) is 7.05 Å². The molecule has 1 aromatic rings. The molecule has 17 heavy (non-hydrogen) atoms. The maximum absolute atomic E-state index is 12.3. The van der Waals surface area contributed by atoms with Crippen molar-refractivity contribution in [1.82, 2.24) is 9.47 Å². The van der Waals surface area contributed by atoms with E-state index in [4.69, 9.17) is 0 Å². The van der Waals surface area contributed by atoms with Crippen LogP contribution in [-0.4, -0.2) is 28.1 Å². The van der Waals surface area contributed by atoms with Gasteiger partial charge in [0.05, 0.1) is 7.05 Å². The van der Waals surface area contributed by atoms with Gasteiger partial charge in [-0.15, -0.1) is 0 Å². The second-order valence-corrected chi connectivity index (χ2v) is 4.66. The van der Waals surface area contributed by atoms with Crippen LogP contribution in [0.5, 0.6) is 0 Å². The van der Waals surface area contributed by atoms with Crippen molar-refractivity contribution in [3.05, 3.63) is 18.7 Å². The number of halogens is 1. The number of likely N-dealkylation sites (tertiary alicyclic amines) is 1. The van der Waals surface area contributed by atoms with Gasteiger partial charge in [0.2, 0.25) is 0 Å². The molecular weight excluding hydrogens is 329 g/mol. The van der Waals surface area contributed by atoms with Crippen LogP contribution in [0.3, 0.4) is 0 Å². The average Bonchev–Trinajstić information content (AvgIpc) is 2.57. The van der Waals surface area contributed by atoms with E-state index in [2.05, 4.69) is 6.92 Å². The quantitative estimate of drug-likeness (QED) is 0.416. The second kappa shape index (κ2) is 6.37. The van der Waals surface area contributed by atoms with Gasteiger partial charge in [-0.3, -0.25) is 0 Å². The summed E-state index contributed by atoms with van der Waals surface area (Å²) in [6, 6.07) is 0.470. The van der Waals surface area contributed by atoms with Gasteiger partial charge in [-0.1, -0.05) is 12.8 Å². The lowest BCUT2D eigenvalue weighted by Gasteiger charge is -2.24. The molecule has 1 fully saturated rings. The first kappa shape index (κ1) is 14.5. The number of carbonyl (C=O) groups excluding carboxylic acids is 1. The van der Waals surface area contributed by atoms with Crippen molar-refractivity contribution in [3.63, 3.8) is 0 Å². The molecule has 0 bridgehead atoms. The van der Waals surface area contributed by atoms with Gasteiger partial charge >= 0.3 is 6.03 Å². The van der Waals surface area contributed by atoms with E-state index < -0.39 is 0 Å². The molecule has 2 rings (SSSR count). The Hall–Kier alpha value is -0.590. The fraction of sp³-hybridized carbons (Fsp3) is 0.667. The fourth-order valence-electron chi connectivity index (χ4n) is 2.27. The molecule has 2 heterocycles. The Balaban J connectivity index is 0.00000144. The highest BCUT2D eigenvalue weighted by atomic mass is 127. The third kappa shape index (κ3) is 3.43. The number of nitrogens with zero attached hydrogens (tertiary/aromatic N) is 3. The number of aromatic nitrogens is 2. The Bertz CT molecular complexity index is 378. The van der Waals surface area contributed by atoms with Gasteiger partial charge in [0.1, 0.15) is 12.4 Å². The van der Waals surface area contributed by atoms with Crippen molar-refractivity contribution in [2.45, 2.75) is 38.6 Å². The minimum absolute atomic E-state index is 0. The normalized spacial score (nSPS) is 20.6. The Kier molecular flexibility index (Phi) is 5.42. The van der Waals surface area contributed by atoms with Crippen LogP contribution >= 0.6 is 0 Å². The summed E-state index contributed by atoms with van der Waals surface area (Å²) in [5, 5.41) is 0. The van der Waals surface area contributed by atoms with Crippen LogP contribution < -0.4 is 28.5 Å². The van der Waals surface area contributed by atoms with Crippen LogP contribution in [0.1, 0.15) is 32.6 Å². The number of rotatable bonds is 0. The number of aryl methyl sites for hydroxylation is 1. The summed E-state index contributed by atoms with van der Waals surface area (Å²) in [6.07, 6.45) is 10.3. The third-order valence-electron chi connectivity index (χ3n) is 3.29. The molecule has 1 aliphatic heterocycles. The fourth-order valence-corrected chi connectivity index (χ4v) is 2.27. The second-order valence-electron chi connectivity index (χ2n) is 4.66. The van der Waals surface area contributed by atoms with Gasteiger partial charge in [-0.25, -0.2) is 9.36 Å². The van der Waals surface area contributed by atoms with Crippen LogP contribution in [0, 0.1) is 0 Å². The number of carbonyl (C=O) groups is 1. The molecule has 4 nitrogen and oxygen atoms in total. The zero-order chi connectivity index (χ0) is 11.5. The molecule has 0 aromatic carbocycles. The standard InChI is InChI=1S/C12H20N3O.HI/c1-11-6-4-3-5-7-15(11)12(16)14-9-8-13(2)10-14;/h8-11H,3-7H2,1-2H3;1H/q+1;/p-1. The van der Waals surface area contributed by atoms with E-state index in [1.165, 1.54) is 12.8 Å². The Labute approximate surface area is 120 Å². The number of hydrogen-bond donors (Lipinski definition) is 0. The highest BCUT2D eigenvalue weighted by molar-refractivity contribution is 5.76. The van der Waals surface area contributed by atoms with Crippen LogP contribution in [0.15, 0.2) is 18.7 Å². The van der Waals surface area contributed by atoms with E-state index in [0.29, 0.717) is 6.04 Å². The average molecular weight is 349 g/mol. The summed E-state index contributed by atoms with van der Waals surface area (Å²) in [4.78, 5) is 14.2. The van der Waals surface area contributed by atoms with E-state index in [0.717, 1.165) is 19.4 Å². The van der Waals surface area contributed by atoms with Crippen molar-refractivity contribution in [3.8, 4) is 0 Å². The van der Waals surface area contributed by atoms with Crippen molar-refractivity contribution in [2.75, 3.05) is 6.54 Å². The monoisotopic (exact) mass is 349 g/mol. The zero-order valence-corrected chi connectivity index (χ0v) is 12.6. The summed E-state index contributed by atoms with van der Waals surface area (Å²) >= 11 is 0. The summed E-state index contributed by atoms with van der Waals surface area (Å²) in [7, 11) is 1.93. The largest absolute Gasteiger partial charge is 1.00 e. The summed E-state index contributed by atoms with van der Waals surface area (Å²) in [5.41, 5.74) is 0. The molecular formula is C12H20IN3O. The van der Waals surface area contributed by atoms with Crippen LogP contribution in [0.25, 0.3) is 0 Å². The molecule has 1 aromatic heterocycles. The van der Waals surface area contributed by atoms with Crippen molar-refractivity contribution in [2.24, 2.45) is 7.05 Å². The van der Waals surface area contributed by atoms with Gasteiger partial charge < -0.3 is 28.9 Å². The minimum atomic E-state index is 0. The van der Waals surface area contributed by atoms with Crippen molar-refractivity contribution >= 4 is 6.03 Å². The van der Waals surface area contributed by atoms with Crippen molar-refractivity contribution in [1.29, 1.82) is 0 Å². The molecule has 1 unspecified atom stereocenters. The molecule has 5 heteroatoms. The third-order valence-corrected chi connectivity index (χ3v) is 3.29. The van der Waals surface area contributed by atoms with E-state index in [1.54, 1.807) is 4.57 Å². The first-order valence-corrected chi connectivity index (χ1v) is 6.02. The lowest BCUT2D eigenvalue weighted by molar-refractivity contribution is -0.670. The van der Waals surface area contributed by atoms with E-state index in [-0.39, 0.29) is 30.0 Å². The van der Waals surface area contributed by atoms with Gasteiger partial charge in [0, 0.05) is 12.6 Å². The summed E-state index contributed by atoms with van der Waals surface area (Å²) < 4.78 is 3.56. The number of imidazole rings is 1. The maximum atomic E-state index is 12.3. The van der Waals surface area contributed by atoms with Crippen LogP contribution in [0.2, 0.25) is 0 Å². The highest BCUT2D eigenvalue weighted by Crippen LogP contribution is 2.17. The molecule has 0 spiro atoms. The molecule has 0 aliphatic carbocycles. The molecule has 1 amide bonds. The van der Waals surface area contributed by atoms with Gasteiger partial charge in [0.15, 0.2) is 0 Å². The molecule has 0 N–H and O–H groups in total. The maximum Gasteiger partial charge on any atom is 0.416 e. The SMILES string of the molecule is CC1CCCCCN1C(=O)n1cc[n+](C)c1.[I-]. The summed E-state index contributed by atoms with van der Waals surface area (Å²) in [6.45, 7) is 3.04. The Morgan fingerprint density at radius 3 is 2.76 bits per heavy atom. The van der Waals surface area contributed by atoms with E-state index >= 15 is 0 Å². The van der Waals surface area contributed by atoms with Crippen LogP contribution in [0.4, 0.5) is 4.79 Å². The minimum Gasteiger partial charge on any atom is -1.00 e. The number of amides is 1. The molecule has 1 saturated heterocycles. The van der Waals surface area contributed by atoms with Gasteiger partial charge in [-0.05, 0) is 19.8 Å². The van der Waals surface area contributed by atoms with E-state index in [1.807, 2.05) is 35.2 Å². The first-order valence-electron chi connectivity index (χ1n) is 6.02.